The molecule has 0 bridgehead atoms. The highest BCUT2D eigenvalue weighted by atomic mass is 16.7. The molecule has 11 nitrogen and oxygen atoms in total. The summed E-state index contributed by atoms with van der Waals surface area (Å²) >= 11 is 0. The van der Waals surface area contributed by atoms with E-state index in [1.807, 2.05) is 53.7 Å². The molecular weight excluding hydrogens is 568 g/mol. The van der Waals surface area contributed by atoms with E-state index in [0.717, 1.165) is 10.6 Å². The number of hydrogen-bond donors (Lipinski definition) is 0. The summed E-state index contributed by atoms with van der Waals surface area (Å²) in [6, 6.07) is 10.2. The van der Waals surface area contributed by atoms with Gasteiger partial charge < -0.3 is 23.8 Å². The lowest BCUT2D eigenvalue weighted by atomic mass is 9.85. The Morgan fingerprint density at radius 1 is 0.932 bits per heavy atom. The van der Waals surface area contributed by atoms with Gasteiger partial charge in [-0.05, 0) is 90.1 Å². The van der Waals surface area contributed by atoms with Gasteiger partial charge in [0.25, 0.3) is 11.8 Å². The molecular formula is C33H40N2O9. The lowest BCUT2D eigenvalue weighted by molar-refractivity contribution is -0.162. The molecule has 2 aromatic carbocycles. The van der Waals surface area contributed by atoms with Gasteiger partial charge in [-0.3, -0.25) is 19.2 Å². The second kappa shape index (κ2) is 12.1. The largest absolute Gasteiger partial charge is 0.486 e. The van der Waals surface area contributed by atoms with Crippen molar-refractivity contribution in [2.24, 2.45) is 11.8 Å². The van der Waals surface area contributed by atoms with Crippen LogP contribution in [0.15, 0.2) is 36.4 Å². The zero-order chi connectivity index (χ0) is 31.8. The maximum atomic E-state index is 13.6. The molecule has 3 amide bonds. The van der Waals surface area contributed by atoms with Gasteiger partial charge in [0.15, 0.2) is 11.5 Å². The Labute approximate surface area is 257 Å². The predicted molar refractivity (Wildman–Crippen MR) is 158 cm³/mol. The van der Waals surface area contributed by atoms with E-state index < -0.39 is 35.0 Å². The van der Waals surface area contributed by atoms with E-state index in [9.17, 15) is 19.2 Å². The third-order valence-corrected chi connectivity index (χ3v) is 7.50. The molecule has 1 saturated heterocycles. The van der Waals surface area contributed by atoms with Gasteiger partial charge in [0, 0.05) is 18.7 Å². The van der Waals surface area contributed by atoms with E-state index in [1.165, 1.54) is 0 Å². The Hall–Kier alpha value is -4.12. The lowest BCUT2D eigenvalue weighted by Crippen LogP contribution is -2.38. The molecule has 5 rings (SSSR count). The van der Waals surface area contributed by atoms with Gasteiger partial charge >= 0.3 is 12.1 Å². The molecule has 0 spiro atoms. The number of hydroxylamine groups is 2. The number of nitrogens with zero attached hydrogens (tertiary/aromatic N) is 2. The number of amides is 3. The van der Waals surface area contributed by atoms with Crippen LogP contribution in [-0.2, 0) is 32.1 Å². The van der Waals surface area contributed by atoms with Crippen molar-refractivity contribution < 1.29 is 43.0 Å². The summed E-state index contributed by atoms with van der Waals surface area (Å²) in [5, 5.41) is 0.765. The first-order valence-corrected chi connectivity index (χ1v) is 14.9. The smallest absolute Gasteiger partial charge is 0.410 e. The molecule has 3 aliphatic heterocycles. The number of imide groups is 1. The molecule has 3 aliphatic rings. The zero-order valence-corrected chi connectivity index (χ0v) is 26.1. The van der Waals surface area contributed by atoms with E-state index in [2.05, 4.69) is 0 Å². The van der Waals surface area contributed by atoms with E-state index in [0.29, 0.717) is 56.2 Å². The van der Waals surface area contributed by atoms with Gasteiger partial charge in [0.2, 0.25) is 0 Å². The molecule has 0 radical (unpaired) electrons. The molecule has 44 heavy (non-hydrogen) atoms. The van der Waals surface area contributed by atoms with Crippen molar-refractivity contribution in [1.29, 1.82) is 0 Å². The molecule has 0 aromatic heterocycles. The topological polar surface area (TPSA) is 121 Å². The molecule has 0 unspecified atom stereocenters. The molecule has 236 valence electrons. The Morgan fingerprint density at radius 3 is 2.20 bits per heavy atom. The van der Waals surface area contributed by atoms with Gasteiger partial charge in [0.1, 0.15) is 31.0 Å². The number of likely N-dealkylation sites (tertiary alicyclic amines) is 1. The second-order valence-corrected chi connectivity index (χ2v) is 13.3. The average Bonchev–Trinajstić information content (AvgIpc) is 3.52. The molecule has 11 heteroatoms. The number of carbonyl (C=O) groups excluding carboxylic acids is 4. The first kappa shape index (κ1) is 31.3. The van der Waals surface area contributed by atoms with Crippen LogP contribution < -0.4 is 9.47 Å². The minimum Gasteiger partial charge on any atom is -0.486 e. The van der Waals surface area contributed by atoms with Crippen molar-refractivity contribution in [3.8, 4) is 11.5 Å². The second-order valence-electron chi connectivity index (χ2n) is 13.3. The number of fused-ring (bicyclic) bond motifs is 2. The Morgan fingerprint density at radius 2 is 1.57 bits per heavy atom. The van der Waals surface area contributed by atoms with Gasteiger partial charge in [-0.15, -0.1) is 5.06 Å². The zero-order valence-electron chi connectivity index (χ0n) is 26.1. The maximum Gasteiger partial charge on any atom is 0.410 e. The summed E-state index contributed by atoms with van der Waals surface area (Å²) in [7, 11) is 0. The minimum atomic E-state index is -0.697. The molecule has 0 aliphatic carbocycles. The summed E-state index contributed by atoms with van der Waals surface area (Å²) < 4.78 is 23.2. The predicted octanol–water partition coefficient (Wildman–Crippen LogP) is 4.94. The summed E-state index contributed by atoms with van der Waals surface area (Å²) in [5.41, 5.74) is 0.573. The summed E-state index contributed by atoms with van der Waals surface area (Å²) in [6.07, 6.45) is 0.511. The Bertz CT molecular complexity index is 1420. The van der Waals surface area contributed by atoms with Crippen molar-refractivity contribution in [2.75, 3.05) is 26.3 Å². The SMILES string of the molecule is CC(C)(C)OC(=O)[C@@H](Cc1cc(CON2C(=O)c3ccccc3C2=O)c2c(c1)OCCO2)[C@H]1CCN(C(=O)OC(C)(C)C)C1. The molecule has 0 N–H and O–H groups in total. The number of esters is 1. The van der Waals surface area contributed by atoms with E-state index in [-0.39, 0.29) is 29.6 Å². The van der Waals surface area contributed by atoms with Crippen LogP contribution in [-0.4, -0.2) is 71.3 Å². The average molecular weight is 609 g/mol. The number of carbonyl (C=O) groups is 4. The monoisotopic (exact) mass is 608 g/mol. The van der Waals surface area contributed by atoms with Crippen LogP contribution in [0.2, 0.25) is 0 Å². The molecule has 0 saturated carbocycles. The summed E-state index contributed by atoms with van der Waals surface area (Å²) in [6.45, 7) is 12.3. The first-order valence-electron chi connectivity index (χ1n) is 14.9. The van der Waals surface area contributed by atoms with E-state index >= 15 is 0 Å². The molecule has 3 heterocycles. The van der Waals surface area contributed by atoms with Crippen LogP contribution in [0, 0.1) is 11.8 Å². The van der Waals surface area contributed by atoms with E-state index in [4.69, 9.17) is 23.8 Å². The fourth-order valence-corrected chi connectivity index (χ4v) is 5.62. The van der Waals surface area contributed by atoms with Crippen molar-refractivity contribution in [2.45, 2.75) is 72.2 Å². The normalized spacial score (nSPS) is 18.7. The standard InChI is InChI=1S/C33H40N2O9/c1-32(2,3)43-30(38)25(21-11-12-34(18-21)31(39)44-33(4,5)6)16-20-15-22(27-26(17-20)40-13-14-41-27)19-42-35-28(36)23-9-7-8-10-24(23)29(35)37/h7-10,15,17,21,25H,11-14,16,18-19H2,1-6H3/t21-,25-/m0/s1. The molecule has 2 atom stereocenters. The third-order valence-electron chi connectivity index (χ3n) is 7.50. The number of ether oxygens (including phenoxy) is 4. The maximum absolute atomic E-state index is 13.6. The van der Waals surface area contributed by atoms with E-state index in [1.54, 1.807) is 29.2 Å². The minimum absolute atomic E-state index is 0.141. The van der Waals surface area contributed by atoms with Crippen LogP contribution in [0.3, 0.4) is 0 Å². The van der Waals surface area contributed by atoms with Gasteiger partial charge in [-0.25, -0.2) is 4.79 Å². The molecule has 1 fully saturated rings. The summed E-state index contributed by atoms with van der Waals surface area (Å²) in [5.74, 6) is -1.20. The highest BCUT2D eigenvalue weighted by Gasteiger charge is 2.40. The highest BCUT2D eigenvalue weighted by molar-refractivity contribution is 6.20. The van der Waals surface area contributed by atoms with Gasteiger partial charge in [0.05, 0.1) is 17.0 Å². The van der Waals surface area contributed by atoms with Crippen LogP contribution in [0.4, 0.5) is 4.79 Å². The van der Waals surface area contributed by atoms with Crippen LogP contribution in [0.1, 0.15) is 79.8 Å². The van der Waals surface area contributed by atoms with Crippen molar-refractivity contribution in [3.05, 3.63) is 58.7 Å². The first-order chi connectivity index (χ1) is 20.7. The van der Waals surface area contributed by atoms with Gasteiger partial charge in [-0.2, -0.15) is 0 Å². The fraction of sp³-hybridized carbons (Fsp3) is 0.515. The summed E-state index contributed by atoms with van der Waals surface area (Å²) in [4.78, 5) is 59.5. The Kier molecular flexibility index (Phi) is 8.62. The van der Waals surface area contributed by atoms with Crippen LogP contribution >= 0.6 is 0 Å². The Balaban J connectivity index is 1.38. The van der Waals surface area contributed by atoms with Crippen LogP contribution in [0.25, 0.3) is 0 Å². The quantitative estimate of drug-likeness (QED) is 0.318. The number of rotatable bonds is 7. The fourth-order valence-electron chi connectivity index (χ4n) is 5.62. The van der Waals surface area contributed by atoms with Crippen molar-refractivity contribution in [3.63, 3.8) is 0 Å². The van der Waals surface area contributed by atoms with Crippen LogP contribution in [0.5, 0.6) is 11.5 Å². The van der Waals surface area contributed by atoms with Gasteiger partial charge in [-0.1, -0.05) is 12.1 Å². The number of benzene rings is 2. The van der Waals surface area contributed by atoms with Crippen molar-refractivity contribution >= 4 is 23.9 Å². The highest BCUT2D eigenvalue weighted by Crippen LogP contribution is 2.38. The molecule has 2 aromatic rings. The lowest BCUT2D eigenvalue weighted by Gasteiger charge is -2.29. The van der Waals surface area contributed by atoms with Crippen molar-refractivity contribution in [1.82, 2.24) is 9.96 Å². The third kappa shape index (κ3) is 6.99. The number of hydrogen-bond acceptors (Lipinski definition) is 9.